The SMILES string of the molecule is COc1ccc(CN2CCCC2c2cc3n(n2)[C@@H](C(F)(F)F)C[C@@H](C)N3)cc1CO.O=C(O)CC(O)(CC(=O)O)C(=O)O. The van der Waals surface area contributed by atoms with E-state index >= 15 is 0 Å². The maximum absolute atomic E-state index is 13.5. The van der Waals surface area contributed by atoms with Gasteiger partial charge in [0.2, 0.25) is 0 Å². The van der Waals surface area contributed by atoms with Gasteiger partial charge >= 0.3 is 24.1 Å². The molecule has 1 aromatic heterocycles. The van der Waals surface area contributed by atoms with Gasteiger partial charge in [0.25, 0.3) is 0 Å². The Kier molecular flexibility index (Phi) is 10.6. The standard InChI is InChI=1S/C21H27F3N4O2.C6H8O7/c1-13-8-19(21(22,23)24)28-20(25-13)10-16(26-28)17-4-3-7-27(17)11-14-5-6-18(30-2)15(9-14)12-29;7-3(8)1-6(13,5(11)12)2-4(9)10/h5-6,9-10,13,17,19,25,29H,3-4,7-8,11-12H2,1-2H3;13H,1-2H2,(H,7,8)(H,9,10)(H,11,12)/t13-,17?,19-;/m1./s1. The van der Waals surface area contributed by atoms with Crippen LogP contribution in [0.25, 0.3) is 0 Å². The van der Waals surface area contributed by atoms with Crippen LogP contribution in [0.2, 0.25) is 0 Å². The van der Waals surface area contributed by atoms with Gasteiger partial charge in [-0.25, -0.2) is 9.48 Å². The molecule has 6 N–H and O–H groups in total. The molecule has 3 heterocycles. The van der Waals surface area contributed by atoms with Gasteiger partial charge in [-0.05, 0) is 50.4 Å². The Labute approximate surface area is 244 Å². The fourth-order valence-corrected chi connectivity index (χ4v) is 5.29. The fourth-order valence-electron chi connectivity index (χ4n) is 5.29. The summed E-state index contributed by atoms with van der Waals surface area (Å²) < 4.78 is 47.0. The zero-order chi connectivity index (χ0) is 32.1. The van der Waals surface area contributed by atoms with Gasteiger partial charge in [-0.15, -0.1) is 0 Å². The molecule has 4 rings (SSSR count). The molecule has 238 valence electrons. The lowest BCUT2D eigenvalue weighted by molar-refractivity contribution is -0.173. The van der Waals surface area contributed by atoms with Crippen molar-refractivity contribution in [3.8, 4) is 5.75 Å². The number of aliphatic hydroxyl groups excluding tert-OH is 1. The van der Waals surface area contributed by atoms with Crippen molar-refractivity contribution in [2.45, 2.75) is 82.1 Å². The molecule has 2 aromatic rings. The lowest BCUT2D eigenvalue weighted by Gasteiger charge is -2.31. The first-order valence-corrected chi connectivity index (χ1v) is 13.4. The van der Waals surface area contributed by atoms with Crippen molar-refractivity contribution in [2.24, 2.45) is 0 Å². The molecule has 0 aliphatic carbocycles. The zero-order valence-corrected chi connectivity index (χ0v) is 23.5. The average molecular weight is 617 g/mol. The van der Waals surface area contributed by atoms with E-state index < -0.39 is 48.6 Å². The summed E-state index contributed by atoms with van der Waals surface area (Å²) in [7, 11) is 1.56. The maximum Gasteiger partial charge on any atom is 0.410 e. The molecule has 16 heteroatoms. The molecule has 1 unspecified atom stereocenters. The zero-order valence-electron chi connectivity index (χ0n) is 23.5. The van der Waals surface area contributed by atoms with Crippen LogP contribution in [-0.2, 0) is 27.5 Å². The number of ether oxygens (including phenoxy) is 1. The van der Waals surface area contributed by atoms with E-state index in [1.54, 1.807) is 20.1 Å². The van der Waals surface area contributed by atoms with Crippen LogP contribution in [0, 0.1) is 0 Å². The van der Waals surface area contributed by atoms with E-state index in [-0.39, 0.29) is 25.1 Å². The predicted molar refractivity (Wildman–Crippen MR) is 143 cm³/mol. The summed E-state index contributed by atoms with van der Waals surface area (Å²) in [6.07, 6.45) is -4.83. The van der Waals surface area contributed by atoms with Crippen molar-refractivity contribution in [1.29, 1.82) is 0 Å². The number of nitrogens with one attached hydrogen (secondary N) is 1. The molecule has 1 saturated heterocycles. The van der Waals surface area contributed by atoms with Gasteiger partial charge in [-0.2, -0.15) is 18.3 Å². The summed E-state index contributed by atoms with van der Waals surface area (Å²) >= 11 is 0. The van der Waals surface area contributed by atoms with Crippen LogP contribution in [0.3, 0.4) is 0 Å². The number of fused-ring (bicyclic) bond motifs is 1. The molecular weight excluding hydrogens is 581 g/mol. The number of benzene rings is 1. The third kappa shape index (κ3) is 8.36. The van der Waals surface area contributed by atoms with Crippen LogP contribution in [0.4, 0.5) is 19.0 Å². The highest BCUT2D eigenvalue weighted by Gasteiger charge is 2.46. The molecule has 3 atom stereocenters. The van der Waals surface area contributed by atoms with Gasteiger partial charge in [-0.3, -0.25) is 14.5 Å². The quantitative estimate of drug-likeness (QED) is 0.229. The highest BCUT2D eigenvalue weighted by Crippen LogP contribution is 2.41. The number of methoxy groups -OCH3 is 1. The topological polar surface area (TPSA) is 195 Å². The van der Waals surface area contributed by atoms with Crippen LogP contribution in [0.15, 0.2) is 24.3 Å². The minimum absolute atomic E-state index is 0.0260. The number of halogens is 3. The molecule has 0 spiro atoms. The van der Waals surface area contributed by atoms with Crippen LogP contribution in [0.5, 0.6) is 5.75 Å². The van der Waals surface area contributed by atoms with Crippen molar-refractivity contribution >= 4 is 23.7 Å². The summed E-state index contributed by atoms with van der Waals surface area (Å²) in [6.45, 7) is 3.13. The molecule has 1 aromatic carbocycles. The van der Waals surface area contributed by atoms with Gasteiger partial charge < -0.3 is 35.6 Å². The molecule has 13 nitrogen and oxygen atoms in total. The van der Waals surface area contributed by atoms with Crippen molar-refractivity contribution in [3.05, 3.63) is 41.1 Å². The molecule has 0 bridgehead atoms. The molecule has 2 aliphatic heterocycles. The maximum atomic E-state index is 13.5. The van der Waals surface area contributed by atoms with Gasteiger partial charge in [0.15, 0.2) is 11.6 Å². The van der Waals surface area contributed by atoms with Gasteiger partial charge in [0, 0.05) is 24.2 Å². The van der Waals surface area contributed by atoms with E-state index in [0.29, 0.717) is 23.8 Å². The van der Waals surface area contributed by atoms with E-state index in [2.05, 4.69) is 15.3 Å². The second kappa shape index (κ2) is 13.6. The third-order valence-corrected chi connectivity index (χ3v) is 7.29. The minimum Gasteiger partial charge on any atom is -0.496 e. The predicted octanol–water partition coefficient (Wildman–Crippen LogP) is 2.78. The molecule has 43 heavy (non-hydrogen) atoms. The largest absolute Gasteiger partial charge is 0.496 e. The Bertz CT molecular complexity index is 1300. The Morgan fingerprint density at radius 3 is 2.30 bits per heavy atom. The van der Waals surface area contributed by atoms with E-state index in [9.17, 15) is 32.7 Å². The normalized spacial score (nSPS) is 20.4. The highest BCUT2D eigenvalue weighted by molar-refractivity contribution is 5.88. The second-order valence-electron chi connectivity index (χ2n) is 10.6. The van der Waals surface area contributed by atoms with Crippen LogP contribution >= 0.6 is 0 Å². The fraction of sp³-hybridized carbons (Fsp3) is 0.556. The first kappa shape index (κ1) is 33.6. The molecule has 1 fully saturated rings. The van der Waals surface area contributed by atoms with Crippen LogP contribution < -0.4 is 10.1 Å². The van der Waals surface area contributed by atoms with Crippen molar-refractivity contribution in [1.82, 2.24) is 14.7 Å². The summed E-state index contributed by atoms with van der Waals surface area (Å²) in [6, 6.07) is 5.58. The van der Waals surface area contributed by atoms with Gasteiger partial charge in [0.1, 0.15) is 11.6 Å². The lowest BCUT2D eigenvalue weighted by Crippen LogP contribution is -2.42. The second-order valence-corrected chi connectivity index (χ2v) is 10.6. The Hall–Kier alpha value is -3.89. The van der Waals surface area contributed by atoms with Gasteiger partial charge in [0.05, 0.1) is 38.3 Å². The highest BCUT2D eigenvalue weighted by atomic mass is 19.4. The number of anilines is 1. The number of carbonyl (C=O) groups is 3. The first-order chi connectivity index (χ1) is 20.1. The number of aromatic nitrogens is 2. The molecular formula is C27H35F3N4O9. The first-order valence-electron chi connectivity index (χ1n) is 13.4. The number of alkyl halides is 3. The number of aliphatic carboxylic acids is 3. The average Bonchev–Trinajstić information content (AvgIpc) is 3.53. The van der Waals surface area contributed by atoms with Crippen molar-refractivity contribution in [3.63, 3.8) is 0 Å². The monoisotopic (exact) mass is 616 g/mol. The Morgan fingerprint density at radius 2 is 1.77 bits per heavy atom. The number of nitrogens with zero attached hydrogens (tertiary/aromatic N) is 3. The number of carboxylic acids is 3. The molecule has 0 saturated carbocycles. The smallest absolute Gasteiger partial charge is 0.410 e. The number of hydrogen-bond acceptors (Lipinski definition) is 9. The number of likely N-dealkylation sites (tertiary alicyclic amines) is 1. The summed E-state index contributed by atoms with van der Waals surface area (Å²) in [5.74, 6) is -3.95. The Morgan fingerprint density at radius 1 is 1.12 bits per heavy atom. The molecule has 2 aliphatic rings. The Balaban J connectivity index is 0.000000331. The van der Waals surface area contributed by atoms with E-state index in [0.717, 1.165) is 35.2 Å². The van der Waals surface area contributed by atoms with Crippen LogP contribution in [-0.4, -0.2) is 89.6 Å². The number of carboxylic acid groups (broad SMARTS) is 3. The van der Waals surface area contributed by atoms with E-state index in [4.69, 9.17) is 25.2 Å². The van der Waals surface area contributed by atoms with E-state index in [1.165, 1.54) is 0 Å². The summed E-state index contributed by atoms with van der Waals surface area (Å²) in [4.78, 5) is 32.7. The third-order valence-electron chi connectivity index (χ3n) is 7.29. The summed E-state index contributed by atoms with van der Waals surface area (Å²) in [5.41, 5.74) is -0.322. The minimum atomic E-state index is -4.33. The molecule has 0 radical (unpaired) electrons. The van der Waals surface area contributed by atoms with Crippen LogP contribution in [0.1, 0.15) is 67.9 Å². The van der Waals surface area contributed by atoms with Crippen molar-refractivity contribution in [2.75, 3.05) is 19.0 Å². The number of hydrogen-bond donors (Lipinski definition) is 6. The number of aliphatic hydroxyl groups is 2. The molecule has 0 amide bonds. The van der Waals surface area contributed by atoms with Gasteiger partial charge in [-0.1, -0.05) is 6.07 Å². The summed E-state index contributed by atoms with van der Waals surface area (Å²) in [5, 5.41) is 50.9. The van der Waals surface area contributed by atoms with Crippen molar-refractivity contribution < 1.29 is 57.8 Å². The lowest BCUT2D eigenvalue weighted by atomic mass is 9.96. The number of rotatable bonds is 10. The van der Waals surface area contributed by atoms with E-state index in [1.807, 2.05) is 18.2 Å².